The van der Waals surface area contributed by atoms with Gasteiger partial charge in [-0.15, -0.1) is 0 Å². The van der Waals surface area contributed by atoms with Crippen molar-refractivity contribution in [2.24, 2.45) is 0 Å². The molecule has 0 saturated carbocycles. The first kappa shape index (κ1) is 16.3. The summed E-state index contributed by atoms with van der Waals surface area (Å²) in [5.74, 6) is 0. The minimum Gasteiger partial charge on any atom is -0.376 e. The Hall–Kier alpha value is -0.730. The maximum Gasteiger partial charge on any atom is 0.261 e. The van der Waals surface area contributed by atoms with Gasteiger partial charge in [0.15, 0.2) is 0 Å². The van der Waals surface area contributed by atoms with Crippen molar-refractivity contribution in [1.82, 2.24) is 5.32 Å². The fraction of sp³-hybridized carbons (Fsp3) is 0.917. The number of halogens is 2. The van der Waals surface area contributed by atoms with Gasteiger partial charge in [0.1, 0.15) is 12.1 Å². The number of hydrogen-bond donors (Lipinski definition) is 1. The molecule has 17 heavy (non-hydrogen) atoms. The number of hydrogen-bond acceptors (Lipinski definition) is 3. The topological polar surface area (TPSA) is 45.0 Å². The zero-order chi connectivity index (χ0) is 13.1. The van der Waals surface area contributed by atoms with Gasteiger partial charge in [-0.3, -0.25) is 5.32 Å². The standard InChI is InChI=1S/C12H22F2N2O/c1-3-7-16-12(2,10-15)6-4-5-8-17-9-11(13)14/h11,16H,3-9H2,1-2H3. The van der Waals surface area contributed by atoms with Gasteiger partial charge >= 0.3 is 0 Å². The predicted octanol–water partition coefficient (Wildman–Crippen LogP) is 2.72. The third-order valence-corrected chi connectivity index (χ3v) is 2.47. The molecule has 100 valence electrons. The molecule has 0 rings (SSSR count). The van der Waals surface area contributed by atoms with Crippen LogP contribution in [0, 0.1) is 11.3 Å². The molecule has 0 aromatic rings. The predicted molar refractivity (Wildman–Crippen MR) is 63.0 cm³/mol. The quantitative estimate of drug-likeness (QED) is 0.605. The van der Waals surface area contributed by atoms with Crippen LogP contribution in [-0.4, -0.2) is 31.7 Å². The van der Waals surface area contributed by atoms with E-state index in [1.54, 1.807) is 0 Å². The molecular weight excluding hydrogens is 226 g/mol. The van der Waals surface area contributed by atoms with E-state index in [4.69, 9.17) is 10.00 Å². The van der Waals surface area contributed by atoms with Crippen LogP contribution in [0.3, 0.4) is 0 Å². The molecule has 0 saturated heterocycles. The highest BCUT2D eigenvalue weighted by Gasteiger charge is 2.21. The van der Waals surface area contributed by atoms with Crippen molar-refractivity contribution in [3.63, 3.8) is 0 Å². The van der Waals surface area contributed by atoms with Gasteiger partial charge in [-0.1, -0.05) is 6.92 Å². The van der Waals surface area contributed by atoms with Crippen LogP contribution < -0.4 is 5.32 Å². The minimum atomic E-state index is -2.40. The molecule has 1 unspecified atom stereocenters. The molecule has 3 nitrogen and oxygen atoms in total. The maximum atomic E-state index is 11.7. The van der Waals surface area contributed by atoms with E-state index in [0.29, 0.717) is 19.4 Å². The highest BCUT2D eigenvalue weighted by Crippen LogP contribution is 2.13. The minimum absolute atomic E-state index is 0.333. The lowest BCUT2D eigenvalue weighted by Crippen LogP contribution is -2.41. The maximum absolute atomic E-state index is 11.7. The SMILES string of the molecule is CCCNC(C)(C#N)CCCCOCC(F)F. The van der Waals surface area contributed by atoms with E-state index in [1.807, 2.05) is 13.8 Å². The van der Waals surface area contributed by atoms with E-state index >= 15 is 0 Å². The van der Waals surface area contributed by atoms with Gasteiger partial charge in [-0.05, 0) is 39.2 Å². The number of nitrogens with one attached hydrogen (secondary N) is 1. The first-order valence-corrected chi connectivity index (χ1v) is 6.06. The van der Waals surface area contributed by atoms with E-state index in [2.05, 4.69) is 11.4 Å². The number of unbranched alkanes of at least 4 members (excludes halogenated alkanes) is 1. The summed E-state index contributed by atoms with van der Waals surface area (Å²) in [6.07, 6.45) is 0.795. The van der Waals surface area contributed by atoms with Crippen molar-refractivity contribution in [3.8, 4) is 6.07 Å². The lowest BCUT2D eigenvalue weighted by atomic mass is 9.96. The molecular formula is C12H22F2N2O. The zero-order valence-corrected chi connectivity index (χ0v) is 10.6. The second kappa shape index (κ2) is 9.32. The molecule has 0 aromatic heterocycles. The summed E-state index contributed by atoms with van der Waals surface area (Å²) < 4.78 is 28.3. The Labute approximate surface area is 102 Å². The van der Waals surface area contributed by atoms with Crippen LogP contribution in [-0.2, 0) is 4.74 Å². The van der Waals surface area contributed by atoms with Crippen LogP contribution >= 0.6 is 0 Å². The third-order valence-electron chi connectivity index (χ3n) is 2.47. The Morgan fingerprint density at radius 3 is 2.65 bits per heavy atom. The molecule has 0 amide bonds. The number of ether oxygens (including phenoxy) is 1. The lowest BCUT2D eigenvalue weighted by Gasteiger charge is -2.22. The molecule has 0 spiro atoms. The lowest BCUT2D eigenvalue weighted by molar-refractivity contribution is 0.0159. The average molecular weight is 248 g/mol. The number of nitrogens with zero attached hydrogens (tertiary/aromatic N) is 1. The van der Waals surface area contributed by atoms with E-state index < -0.39 is 18.6 Å². The first-order chi connectivity index (χ1) is 8.04. The number of alkyl halides is 2. The van der Waals surface area contributed by atoms with Crippen molar-refractivity contribution in [2.75, 3.05) is 19.8 Å². The van der Waals surface area contributed by atoms with Gasteiger partial charge < -0.3 is 4.74 Å². The molecule has 0 aliphatic heterocycles. The van der Waals surface area contributed by atoms with Crippen molar-refractivity contribution in [3.05, 3.63) is 0 Å². The van der Waals surface area contributed by atoms with Gasteiger partial charge in [-0.2, -0.15) is 5.26 Å². The van der Waals surface area contributed by atoms with Gasteiger partial charge in [0, 0.05) is 6.61 Å². The summed E-state index contributed by atoms with van der Waals surface area (Å²) in [4.78, 5) is 0. The molecule has 0 aliphatic rings. The molecule has 0 heterocycles. The number of rotatable bonds is 10. The molecule has 0 bridgehead atoms. The van der Waals surface area contributed by atoms with Gasteiger partial charge in [0.25, 0.3) is 6.43 Å². The summed E-state index contributed by atoms with van der Waals surface area (Å²) in [7, 11) is 0. The zero-order valence-electron chi connectivity index (χ0n) is 10.6. The van der Waals surface area contributed by atoms with Crippen molar-refractivity contribution in [1.29, 1.82) is 5.26 Å². The smallest absolute Gasteiger partial charge is 0.261 e. The van der Waals surface area contributed by atoms with E-state index in [1.165, 1.54) is 0 Å². The highest BCUT2D eigenvalue weighted by molar-refractivity contribution is 5.03. The van der Waals surface area contributed by atoms with Crippen LogP contribution in [0.15, 0.2) is 0 Å². The summed E-state index contributed by atoms with van der Waals surface area (Å²) in [5.41, 5.74) is -0.515. The van der Waals surface area contributed by atoms with E-state index in [0.717, 1.165) is 19.4 Å². The monoisotopic (exact) mass is 248 g/mol. The molecule has 5 heteroatoms. The van der Waals surface area contributed by atoms with Crippen LogP contribution in [0.5, 0.6) is 0 Å². The van der Waals surface area contributed by atoms with E-state index in [9.17, 15) is 8.78 Å². The van der Waals surface area contributed by atoms with Crippen LogP contribution in [0.1, 0.15) is 39.5 Å². The second-order valence-corrected chi connectivity index (χ2v) is 4.29. The molecule has 0 aromatic carbocycles. The molecule has 0 fully saturated rings. The average Bonchev–Trinajstić information content (AvgIpc) is 2.30. The second-order valence-electron chi connectivity index (χ2n) is 4.29. The summed E-state index contributed by atoms with van der Waals surface area (Å²) in [6.45, 7) is 4.56. The van der Waals surface area contributed by atoms with E-state index in [-0.39, 0.29) is 0 Å². The largest absolute Gasteiger partial charge is 0.376 e. The summed E-state index contributed by atoms with van der Waals surface area (Å²) in [5, 5.41) is 12.2. The normalized spacial score (nSPS) is 14.6. The Balaban J connectivity index is 3.60. The number of nitriles is 1. The van der Waals surface area contributed by atoms with Gasteiger partial charge in [0.2, 0.25) is 0 Å². The van der Waals surface area contributed by atoms with Crippen molar-refractivity contribution < 1.29 is 13.5 Å². The summed E-state index contributed by atoms with van der Waals surface area (Å²) in [6, 6.07) is 2.25. The molecule has 0 aliphatic carbocycles. The Bertz CT molecular complexity index is 231. The third kappa shape index (κ3) is 9.02. The van der Waals surface area contributed by atoms with Crippen LogP contribution in [0.4, 0.5) is 8.78 Å². The fourth-order valence-corrected chi connectivity index (χ4v) is 1.44. The fourth-order valence-electron chi connectivity index (χ4n) is 1.44. The highest BCUT2D eigenvalue weighted by atomic mass is 19.3. The summed E-state index contributed by atoms with van der Waals surface area (Å²) >= 11 is 0. The Morgan fingerprint density at radius 1 is 1.41 bits per heavy atom. The van der Waals surface area contributed by atoms with Gasteiger partial charge in [0.05, 0.1) is 6.07 Å². The molecule has 1 atom stereocenters. The molecule has 1 N–H and O–H groups in total. The Kier molecular flexibility index (Phi) is 8.92. The van der Waals surface area contributed by atoms with Crippen molar-refractivity contribution >= 4 is 0 Å². The van der Waals surface area contributed by atoms with Gasteiger partial charge in [-0.25, -0.2) is 8.78 Å². The molecule has 0 radical (unpaired) electrons. The Morgan fingerprint density at radius 2 is 2.12 bits per heavy atom. The van der Waals surface area contributed by atoms with Crippen LogP contribution in [0.2, 0.25) is 0 Å². The van der Waals surface area contributed by atoms with Crippen LogP contribution in [0.25, 0.3) is 0 Å². The first-order valence-electron chi connectivity index (χ1n) is 6.06. The van der Waals surface area contributed by atoms with Crippen molar-refractivity contribution in [2.45, 2.75) is 51.5 Å².